The van der Waals surface area contributed by atoms with Crippen LogP contribution in [-0.2, 0) is 11.2 Å². The van der Waals surface area contributed by atoms with Gasteiger partial charge in [-0.2, -0.15) is 0 Å². The number of rotatable bonds is 5. The molecule has 2 rings (SSSR count). The van der Waals surface area contributed by atoms with Gasteiger partial charge in [0.2, 0.25) is 0 Å². The molecule has 0 spiro atoms. The molecule has 1 saturated carbocycles. The summed E-state index contributed by atoms with van der Waals surface area (Å²) < 4.78 is 6.16. The minimum Gasteiger partial charge on any atom is -0.374 e. The fraction of sp³-hybridized carbons (Fsp3) is 0.647. The predicted octanol–water partition coefficient (Wildman–Crippen LogP) is 4.34. The van der Waals surface area contributed by atoms with Gasteiger partial charge in [-0.3, -0.25) is 0 Å². The Balaban J connectivity index is 2.11. The third-order valence-corrected chi connectivity index (χ3v) is 4.64. The molecule has 20 heavy (non-hydrogen) atoms. The highest BCUT2D eigenvalue weighted by Crippen LogP contribution is 2.34. The molecule has 112 valence electrons. The molecule has 1 fully saturated rings. The van der Waals surface area contributed by atoms with E-state index in [2.05, 4.69) is 13.0 Å². The van der Waals surface area contributed by atoms with Gasteiger partial charge in [-0.05, 0) is 43.9 Å². The van der Waals surface area contributed by atoms with Gasteiger partial charge >= 0.3 is 0 Å². The van der Waals surface area contributed by atoms with Crippen LogP contribution in [0, 0.1) is 0 Å². The Kier molecular flexibility index (Phi) is 5.88. The first-order chi connectivity index (χ1) is 9.66. The zero-order chi connectivity index (χ0) is 14.4. The van der Waals surface area contributed by atoms with Crippen LogP contribution in [0.4, 0.5) is 0 Å². The predicted molar refractivity (Wildman–Crippen MR) is 85.2 cm³/mol. The van der Waals surface area contributed by atoms with Gasteiger partial charge < -0.3 is 10.5 Å². The van der Waals surface area contributed by atoms with Crippen molar-refractivity contribution in [3.05, 3.63) is 34.9 Å². The van der Waals surface area contributed by atoms with Crippen LogP contribution >= 0.6 is 11.6 Å². The number of nitrogens with two attached hydrogens (primary N) is 1. The number of halogens is 1. The lowest BCUT2D eigenvalue weighted by atomic mass is 9.83. The lowest BCUT2D eigenvalue weighted by molar-refractivity contribution is -0.0683. The molecule has 1 aliphatic carbocycles. The molecule has 2 N–H and O–H groups in total. The SMILES string of the molecule is CCOC1(C(N)Cc2cccc(Cl)c2)CCCCCC1. The second-order valence-electron chi connectivity index (χ2n) is 5.85. The van der Waals surface area contributed by atoms with Crippen molar-refractivity contribution in [1.29, 1.82) is 0 Å². The van der Waals surface area contributed by atoms with Gasteiger partial charge in [0.25, 0.3) is 0 Å². The lowest BCUT2D eigenvalue weighted by Gasteiger charge is -2.38. The Morgan fingerprint density at radius 3 is 2.55 bits per heavy atom. The smallest absolute Gasteiger partial charge is 0.0835 e. The van der Waals surface area contributed by atoms with Crippen molar-refractivity contribution < 1.29 is 4.74 Å². The van der Waals surface area contributed by atoms with Crippen LogP contribution in [0.25, 0.3) is 0 Å². The zero-order valence-electron chi connectivity index (χ0n) is 12.4. The van der Waals surface area contributed by atoms with Gasteiger partial charge in [-0.15, -0.1) is 0 Å². The van der Waals surface area contributed by atoms with E-state index < -0.39 is 0 Å². The molecule has 0 radical (unpaired) electrons. The van der Waals surface area contributed by atoms with Crippen molar-refractivity contribution in [3.8, 4) is 0 Å². The average molecular weight is 296 g/mol. The fourth-order valence-corrected chi connectivity index (χ4v) is 3.55. The van der Waals surface area contributed by atoms with Crippen LogP contribution in [0.15, 0.2) is 24.3 Å². The minimum absolute atomic E-state index is 0.0408. The summed E-state index contributed by atoms with van der Waals surface area (Å²) in [6, 6.07) is 8.05. The van der Waals surface area contributed by atoms with E-state index in [0.29, 0.717) is 0 Å². The normalized spacial score (nSPS) is 20.4. The van der Waals surface area contributed by atoms with E-state index in [4.69, 9.17) is 22.1 Å². The maximum absolute atomic E-state index is 6.55. The maximum Gasteiger partial charge on any atom is 0.0835 e. The molecule has 0 heterocycles. The molecule has 1 atom stereocenters. The van der Waals surface area contributed by atoms with Crippen LogP contribution in [0.1, 0.15) is 51.0 Å². The van der Waals surface area contributed by atoms with E-state index in [1.807, 2.05) is 18.2 Å². The van der Waals surface area contributed by atoms with Crippen molar-refractivity contribution in [3.63, 3.8) is 0 Å². The Bertz CT molecular complexity index is 413. The molecule has 1 aromatic rings. The zero-order valence-corrected chi connectivity index (χ0v) is 13.2. The molecule has 0 aromatic heterocycles. The van der Waals surface area contributed by atoms with Gasteiger partial charge in [0.15, 0.2) is 0 Å². The summed E-state index contributed by atoms with van der Waals surface area (Å²) in [5, 5.41) is 0.779. The van der Waals surface area contributed by atoms with Crippen LogP contribution < -0.4 is 5.73 Å². The molecule has 0 aliphatic heterocycles. The first-order valence-electron chi connectivity index (χ1n) is 7.80. The Morgan fingerprint density at radius 1 is 1.25 bits per heavy atom. The van der Waals surface area contributed by atoms with E-state index in [9.17, 15) is 0 Å². The Hall–Kier alpha value is -0.570. The van der Waals surface area contributed by atoms with Crippen molar-refractivity contribution >= 4 is 11.6 Å². The summed E-state index contributed by atoms with van der Waals surface area (Å²) in [6.45, 7) is 2.81. The van der Waals surface area contributed by atoms with Gasteiger partial charge in [0, 0.05) is 17.7 Å². The molecule has 1 aliphatic rings. The molecule has 0 saturated heterocycles. The molecule has 3 heteroatoms. The van der Waals surface area contributed by atoms with Crippen molar-refractivity contribution in [2.75, 3.05) is 6.61 Å². The first kappa shape index (κ1) is 15.8. The Labute approximate surface area is 127 Å². The van der Waals surface area contributed by atoms with E-state index in [1.54, 1.807) is 0 Å². The number of benzene rings is 1. The molecule has 0 bridgehead atoms. The summed E-state index contributed by atoms with van der Waals surface area (Å²) in [5.41, 5.74) is 7.61. The molecule has 0 amide bonds. The monoisotopic (exact) mass is 295 g/mol. The van der Waals surface area contributed by atoms with Crippen LogP contribution in [0.5, 0.6) is 0 Å². The summed E-state index contributed by atoms with van der Waals surface area (Å²) >= 11 is 6.06. The van der Waals surface area contributed by atoms with Crippen molar-refractivity contribution in [2.45, 2.75) is 63.5 Å². The van der Waals surface area contributed by atoms with Crippen LogP contribution in [0.2, 0.25) is 5.02 Å². The largest absolute Gasteiger partial charge is 0.374 e. The van der Waals surface area contributed by atoms with Crippen LogP contribution in [0.3, 0.4) is 0 Å². The standard InChI is InChI=1S/C17H26ClNO/c1-2-20-17(10-5-3-4-6-11-17)16(19)13-14-8-7-9-15(18)12-14/h7-9,12,16H,2-6,10-11,13,19H2,1H3. The lowest BCUT2D eigenvalue weighted by Crippen LogP contribution is -2.51. The molecular weight excluding hydrogens is 270 g/mol. The molecule has 1 unspecified atom stereocenters. The number of ether oxygens (including phenoxy) is 1. The number of hydrogen-bond acceptors (Lipinski definition) is 2. The summed E-state index contributed by atoms with van der Waals surface area (Å²) in [5.74, 6) is 0. The minimum atomic E-state index is -0.145. The third-order valence-electron chi connectivity index (χ3n) is 4.40. The summed E-state index contributed by atoms with van der Waals surface area (Å²) in [7, 11) is 0. The first-order valence-corrected chi connectivity index (χ1v) is 8.18. The second kappa shape index (κ2) is 7.44. The van der Waals surface area contributed by atoms with E-state index in [1.165, 1.54) is 31.2 Å². The fourth-order valence-electron chi connectivity index (χ4n) is 3.34. The Morgan fingerprint density at radius 2 is 1.95 bits per heavy atom. The molecular formula is C17H26ClNO. The highest BCUT2D eigenvalue weighted by molar-refractivity contribution is 6.30. The topological polar surface area (TPSA) is 35.2 Å². The van der Waals surface area contributed by atoms with Crippen molar-refractivity contribution in [2.24, 2.45) is 5.73 Å². The van der Waals surface area contributed by atoms with Crippen molar-refractivity contribution in [1.82, 2.24) is 0 Å². The van der Waals surface area contributed by atoms with Gasteiger partial charge in [0.05, 0.1) is 5.60 Å². The van der Waals surface area contributed by atoms with E-state index in [0.717, 1.165) is 30.9 Å². The molecule has 2 nitrogen and oxygen atoms in total. The average Bonchev–Trinajstić information content (AvgIpc) is 2.66. The summed E-state index contributed by atoms with van der Waals surface area (Å²) in [6.07, 6.45) is 8.07. The molecule has 1 aromatic carbocycles. The quantitative estimate of drug-likeness (QED) is 0.820. The third kappa shape index (κ3) is 3.97. The number of hydrogen-bond donors (Lipinski definition) is 1. The maximum atomic E-state index is 6.55. The second-order valence-corrected chi connectivity index (χ2v) is 6.29. The van der Waals surface area contributed by atoms with E-state index in [-0.39, 0.29) is 11.6 Å². The van der Waals surface area contributed by atoms with Gasteiger partial charge in [-0.25, -0.2) is 0 Å². The van der Waals surface area contributed by atoms with Gasteiger partial charge in [-0.1, -0.05) is 49.4 Å². The highest BCUT2D eigenvalue weighted by Gasteiger charge is 2.37. The van der Waals surface area contributed by atoms with Gasteiger partial charge in [0.1, 0.15) is 0 Å². The highest BCUT2D eigenvalue weighted by atomic mass is 35.5. The van der Waals surface area contributed by atoms with E-state index >= 15 is 0 Å². The summed E-state index contributed by atoms with van der Waals surface area (Å²) in [4.78, 5) is 0. The van der Waals surface area contributed by atoms with Crippen LogP contribution in [-0.4, -0.2) is 18.2 Å².